The first kappa shape index (κ1) is 13.1. The number of rotatable bonds is 4. The van der Waals surface area contributed by atoms with E-state index in [0.717, 1.165) is 12.8 Å². The van der Waals surface area contributed by atoms with E-state index in [1.165, 1.54) is 6.42 Å². The Morgan fingerprint density at radius 3 is 2.39 bits per heavy atom. The highest BCUT2D eigenvalue weighted by molar-refractivity contribution is 5.79. The molecule has 1 aliphatic heterocycles. The maximum Gasteiger partial charge on any atom is 0.317 e. The summed E-state index contributed by atoms with van der Waals surface area (Å²) < 4.78 is 0. The van der Waals surface area contributed by atoms with Crippen molar-refractivity contribution in [1.29, 1.82) is 0 Å². The summed E-state index contributed by atoms with van der Waals surface area (Å²) in [4.78, 5) is 26.2. The number of urea groups is 1. The van der Waals surface area contributed by atoms with Gasteiger partial charge >= 0.3 is 12.0 Å². The van der Waals surface area contributed by atoms with Crippen LogP contribution in [-0.4, -0.2) is 66.2 Å². The largest absolute Gasteiger partial charge is 0.481 e. The van der Waals surface area contributed by atoms with Crippen molar-refractivity contribution in [3.63, 3.8) is 0 Å². The molecule has 0 spiro atoms. The van der Waals surface area contributed by atoms with Crippen LogP contribution in [0.25, 0.3) is 0 Å². The molecule has 0 aromatic carbocycles. The van der Waals surface area contributed by atoms with Gasteiger partial charge in [-0.2, -0.15) is 0 Å². The number of carboxylic acids is 1. The van der Waals surface area contributed by atoms with Crippen LogP contribution < -0.4 is 5.32 Å². The van der Waals surface area contributed by atoms with E-state index in [4.69, 9.17) is 5.11 Å². The van der Waals surface area contributed by atoms with E-state index >= 15 is 0 Å². The minimum atomic E-state index is -0.817. The number of carbonyl (C=O) groups is 2. The van der Waals surface area contributed by atoms with Crippen molar-refractivity contribution in [3.05, 3.63) is 0 Å². The lowest BCUT2D eigenvalue weighted by Crippen LogP contribution is -2.61. The van der Waals surface area contributed by atoms with E-state index in [9.17, 15) is 9.59 Å². The van der Waals surface area contributed by atoms with Gasteiger partial charge in [0.2, 0.25) is 0 Å². The third kappa shape index (κ3) is 2.29. The van der Waals surface area contributed by atoms with Gasteiger partial charge in [0.15, 0.2) is 0 Å². The molecule has 0 unspecified atom stereocenters. The molecule has 0 aromatic rings. The Labute approximate surface area is 107 Å². The zero-order chi connectivity index (χ0) is 13.3. The summed E-state index contributed by atoms with van der Waals surface area (Å²) in [6.45, 7) is 1.30. The molecule has 6 nitrogen and oxygen atoms in total. The predicted molar refractivity (Wildman–Crippen MR) is 66.4 cm³/mol. The summed E-state index contributed by atoms with van der Waals surface area (Å²) in [5.41, 5.74) is 0.104. The first-order chi connectivity index (χ1) is 8.44. The predicted octanol–water partition coefficient (Wildman–Crippen LogP) is 0.197. The van der Waals surface area contributed by atoms with Crippen molar-refractivity contribution in [2.24, 2.45) is 5.92 Å². The SMILES string of the molecule is CN(C)C1(CNC(=O)N2CC(C(=O)O)C2)CCC1. The number of carboxylic acid groups (broad SMARTS) is 1. The number of carbonyl (C=O) groups excluding carboxylic acids is 1. The van der Waals surface area contributed by atoms with E-state index in [-0.39, 0.29) is 17.5 Å². The number of hydrogen-bond donors (Lipinski definition) is 2. The van der Waals surface area contributed by atoms with Gasteiger partial charge in [-0.05, 0) is 33.4 Å². The Morgan fingerprint density at radius 2 is 2.00 bits per heavy atom. The molecule has 102 valence electrons. The minimum absolute atomic E-state index is 0.104. The van der Waals surface area contributed by atoms with Gasteiger partial charge in [-0.25, -0.2) is 4.79 Å². The Morgan fingerprint density at radius 1 is 1.39 bits per heavy atom. The van der Waals surface area contributed by atoms with Crippen LogP contribution in [0, 0.1) is 5.92 Å². The molecule has 18 heavy (non-hydrogen) atoms. The number of amides is 2. The molecule has 2 fully saturated rings. The topological polar surface area (TPSA) is 72.9 Å². The summed E-state index contributed by atoms with van der Waals surface area (Å²) in [6, 6.07) is -0.138. The molecule has 2 amide bonds. The fraction of sp³-hybridized carbons (Fsp3) is 0.833. The van der Waals surface area contributed by atoms with Gasteiger partial charge in [-0.15, -0.1) is 0 Å². The molecular formula is C12H21N3O3. The van der Waals surface area contributed by atoms with Crippen LogP contribution in [0.1, 0.15) is 19.3 Å². The summed E-state index contributed by atoms with van der Waals surface area (Å²) in [5, 5.41) is 11.7. The van der Waals surface area contributed by atoms with Crippen molar-refractivity contribution in [2.75, 3.05) is 33.7 Å². The molecule has 1 heterocycles. The fourth-order valence-electron chi connectivity index (χ4n) is 2.52. The molecule has 0 radical (unpaired) electrons. The molecule has 1 aliphatic carbocycles. The normalized spacial score (nSPS) is 22.3. The minimum Gasteiger partial charge on any atom is -0.481 e. The Kier molecular flexibility index (Phi) is 3.47. The maximum absolute atomic E-state index is 11.8. The average molecular weight is 255 g/mol. The molecule has 2 N–H and O–H groups in total. The van der Waals surface area contributed by atoms with Gasteiger partial charge in [0, 0.05) is 25.2 Å². The Bertz CT molecular complexity index is 346. The van der Waals surface area contributed by atoms with Gasteiger partial charge < -0.3 is 20.2 Å². The average Bonchev–Trinajstić information content (AvgIpc) is 2.11. The van der Waals surface area contributed by atoms with Crippen LogP contribution in [0.2, 0.25) is 0 Å². The Hall–Kier alpha value is -1.30. The molecule has 2 rings (SSSR count). The first-order valence-electron chi connectivity index (χ1n) is 6.38. The number of likely N-dealkylation sites (N-methyl/N-ethyl adjacent to an activating group) is 1. The number of hydrogen-bond acceptors (Lipinski definition) is 3. The fourth-order valence-corrected chi connectivity index (χ4v) is 2.52. The zero-order valence-corrected chi connectivity index (χ0v) is 11.0. The van der Waals surface area contributed by atoms with Crippen LogP contribution in [0.4, 0.5) is 4.79 Å². The van der Waals surface area contributed by atoms with Gasteiger partial charge in [0.05, 0.1) is 5.92 Å². The summed E-state index contributed by atoms with van der Waals surface area (Å²) in [6.07, 6.45) is 3.43. The van der Waals surface area contributed by atoms with Crippen molar-refractivity contribution >= 4 is 12.0 Å². The van der Waals surface area contributed by atoms with E-state index in [0.29, 0.717) is 19.6 Å². The van der Waals surface area contributed by atoms with Gasteiger partial charge in [0.25, 0.3) is 0 Å². The number of aliphatic carboxylic acids is 1. The van der Waals surface area contributed by atoms with Crippen molar-refractivity contribution in [3.8, 4) is 0 Å². The highest BCUT2D eigenvalue weighted by Crippen LogP contribution is 2.35. The molecule has 0 bridgehead atoms. The third-order valence-electron chi connectivity index (χ3n) is 4.32. The Balaban J connectivity index is 1.74. The molecule has 1 saturated heterocycles. The van der Waals surface area contributed by atoms with E-state index in [1.807, 2.05) is 14.1 Å². The smallest absolute Gasteiger partial charge is 0.317 e. The van der Waals surface area contributed by atoms with Crippen molar-refractivity contribution in [2.45, 2.75) is 24.8 Å². The number of nitrogens with zero attached hydrogens (tertiary/aromatic N) is 2. The monoisotopic (exact) mass is 255 g/mol. The van der Waals surface area contributed by atoms with Crippen molar-refractivity contribution < 1.29 is 14.7 Å². The quantitative estimate of drug-likeness (QED) is 0.752. The highest BCUT2D eigenvalue weighted by atomic mass is 16.4. The number of likely N-dealkylation sites (tertiary alicyclic amines) is 1. The van der Waals surface area contributed by atoms with Crippen LogP contribution >= 0.6 is 0 Å². The number of nitrogens with one attached hydrogen (secondary N) is 1. The van der Waals surface area contributed by atoms with E-state index < -0.39 is 5.97 Å². The van der Waals surface area contributed by atoms with Crippen LogP contribution in [-0.2, 0) is 4.79 Å². The second kappa shape index (κ2) is 4.76. The molecular weight excluding hydrogens is 234 g/mol. The van der Waals surface area contributed by atoms with Gasteiger partial charge in [0.1, 0.15) is 0 Å². The third-order valence-corrected chi connectivity index (χ3v) is 4.32. The lowest BCUT2D eigenvalue weighted by atomic mass is 9.75. The highest BCUT2D eigenvalue weighted by Gasteiger charge is 2.41. The van der Waals surface area contributed by atoms with E-state index in [1.54, 1.807) is 4.90 Å². The van der Waals surface area contributed by atoms with Gasteiger partial charge in [-0.1, -0.05) is 0 Å². The standard InChI is InChI=1S/C12H21N3O3/c1-14(2)12(4-3-5-12)8-13-11(18)15-6-9(7-15)10(16)17/h9H,3-8H2,1-2H3,(H,13,18)(H,16,17). The van der Waals surface area contributed by atoms with Gasteiger partial charge in [-0.3, -0.25) is 4.79 Å². The van der Waals surface area contributed by atoms with E-state index in [2.05, 4.69) is 10.2 Å². The first-order valence-corrected chi connectivity index (χ1v) is 6.38. The zero-order valence-electron chi connectivity index (χ0n) is 11.0. The molecule has 1 saturated carbocycles. The molecule has 6 heteroatoms. The second-order valence-electron chi connectivity index (χ2n) is 5.57. The molecule has 0 atom stereocenters. The molecule has 0 aromatic heterocycles. The summed E-state index contributed by atoms with van der Waals surface area (Å²) >= 11 is 0. The summed E-state index contributed by atoms with van der Waals surface area (Å²) in [5.74, 6) is -1.20. The second-order valence-corrected chi connectivity index (χ2v) is 5.57. The maximum atomic E-state index is 11.8. The lowest BCUT2D eigenvalue weighted by Gasteiger charge is -2.48. The van der Waals surface area contributed by atoms with Crippen LogP contribution in [0.3, 0.4) is 0 Å². The van der Waals surface area contributed by atoms with Crippen molar-refractivity contribution in [1.82, 2.24) is 15.1 Å². The van der Waals surface area contributed by atoms with Crippen LogP contribution in [0.5, 0.6) is 0 Å². The molecule has 2 aliphatic rings. The summed E-state index contributed by atoms with van der Waals surface area (Å²) in [7, 11) is 4.07. The lowest BCUT2D eigenvalue weighted by molar-refractivity contribution is -0.146. The van der Waals surface area contributed by atoms with Crippen LogP contribution in [0.15, 0.2) is 0 Å².